The molecule has 2 rings (SSSR count). The van der Waals surface area contributed by atoms with Crippen molar-refractivity contribution in [3.05, 3.63) is 46.8 Å². The van der Waals surface area contributed by atoms with Gasteiger partial charge in [0.05, 0.1) is 5.69 Å². The number of amides is 1. The molecule has 106 valence electrons. The summed E-state index contributed by atoms with van der Waals surface area (Å²) in [4.78, 5) is 12.0. The summed E-state index contributed by atoms with van der Waals surface area (Å²) in [6.07, 6.45) is 0. The van der Waals surface area contributed by atoms with Crippen molar-refractivity contribution in [3.8, 4) is 0 Å². The third kappa shape index (κ3) is 3.05. The van der Waals surface area contributed by atoms with Crippen LogP contribution in [0, 0.1) is 20.8 Å². The molecule has 0 saturated heterocycles. The Kier molecular flexibility index (Phi) is 4.20. The molecule has 0 aliphatic rings. The fraction of sp³-hybridized carbons (Fsp3) is 0.333. The van der Waals surface area contributed by atoms with E-state index in [0.29, 0.717) is 6.54 Å². The average molecular weight is 272 g/mol. The van der Waals surface area contributed by atoms with E-state index in [0.717, 1.165) is 28.2 Å². The maximum Gasteiger partial charge on any atom is 0.246 e. The smallest absolute Gasteiger partial charge is 0.246 e. The third-order valence-electron chi connectivity index (χ3n) is 3.36. The SMILES string of the molecule is Cc1ccc(NC(=O)Cn2nc(C)c(CN)c2C)cc1. The van der Waals surface area contributed by atoms with E-state index in [9.17, 15) is 4.79 Å². The van der Waals surface area contributed by atoms with Crippen LogP contribution in [-0.4, -0.2) is 15.7 Å². The van der Waals surface area contributed by atoms with E-state index in [-0.39, 0.29) is 12.5 Å². The minimum absolute atomic E-state index is 0.0944. The second-order valence-corrected chi connectivity index (χ2v) is 4.93. The van der Waals surface area contributed by atoms with Crippen LogP contribution >= 0.6 is 0 Å². The second kappa shape index (κ2) is 5.88. The molecule has 0 aliphatic carbocycles. The van der Waals surface area contributed by atoms with Crippen molar-refractivity contribution in [2.45, 2.75) is 33.9 Å². The van der Waals surface area contributed by atoms with Gasteiger partial charge in [-0.05, 0) is 32.9 Å². The molecule has 0 spiro atoms. The first-order chi connectivity index (χ1) is 9.51. The van der Waals surface area contributed by atoms with Gasteiger partial charge in [-0.1, -0.05) is 17.7 Å². The van der Waals surface area contributed by atoms with Crippen LogP contribution in [0.5, 0.6) is 0 Å². The molecule has 1 amide bonds. The number of hydrogen-bond acceptors (Lipinski definition) is 3. The average Bonchev–Trinajstić information content (AvgIpc) is 2.67. The van der Waals surface area contributed by atoms with Gasteiger partial charge in [0.2, 0.25) is 5.91 Å². The standard InChI is InChI=1S/C15H20N4O/c1-10-4-6-13(7-5-10)17-15(20)9-19-12(3)14(8-16)11(2)18-19/h4-7H,8-9,16H2,1-3H3,(H,17,20). The lowest BCUT2D eigenvalue weighted by molar-refractivity contribution is -0.116. The van der Waals surface area contributed by atoms with Gasteiger partial charge >= 0.3 is 0 Å². The van der Waals surface area contributed by atoms with Gasteiger partial charge in [-0.3, -0.25) is 9.48 Å². The van der Waals surface area contributed by atoms with Crippen LogP contribution in [0.4, 0.5) is 5.69 Å². The highest BCUT2D eigenvalue weighted by Gasteiger charge is 2.12. The van der Waals surface area contributed by atoms with E-state index >= 15 is 0 Å². The molecule has 1 aromatic heterocycles. The molecule has 20 heavy (non-hydrogen) atoms. The number of rotatable bonds is 4. The fourth-order valence-corrected chi connectivity index (χ4v) is 2.16. The van der Waals surface area contributed by atoms with Gasteiger partial charge in [0.25, 0.3) is 0 Å². The number of aryl methyl sites for hydroxylation is 2. The number of nitrogens with two attached hydrogens (primary N) is 1. The molecular weight excluding hydrogens is 252 g/mol. The topological polar surface area (TPSA) is 72.9 Å². The molecular formula is C15H20N4O. The lowest BCUT2D eigenvalue weighted by atomic mass is 10.2. The summed E-state index contributed by atoms with van der Waals surface area (Å²) in [5.41, 5.74) is 10.5. The molecule has 0 saturated carbocycles. The Morgan fingerprint density at radius 3 is 2.45 bits per heavy atom. The number of carbonyl (C=O) groups is 1. The van der Waals surface area contributed by atoms with E-state index in [1.54, 1.807) is 4.68 Å². The number of benzene rings is 1. The van der Waals surface area contributed by atoms with Gasteiger partial charge in [0.1, 0.15) is 6.54 Å². The van der Waals surface area contributed by atoms with E-state index in [1.807, 2.05) is 45.0 Å². The van der Waals surface area contributed by atoms with Gasteiger partial charge in [-0.15, -0.1) is 0 Å². The van der Waals surface area contributed by atoms with Gasteiger partial charge < -0.3 is 11.1 Å². The van der Waals surface area contributed by atoms with Crippen molar-refractivity contribution in [1.29, 1.82) is 0 Å². The first-order valence-corrected chi connectivity index (χ1v) is 6.60. The molecule has 0 atom stereocenters. The van der Waals surface area contributed by atoms with E-state index in [4.69, 9.17) is 5.73 Å². The number of carbonyl (C=O) groups excluding carboxylic acids is 1. The van der Waals surface area contributed by atoms with Crippen LogP contribution in [0.25, 0.3) is 0 Å². The Labute approximate surface area is 118 Å². The molecule has 0 aliphatic heterocycles. The van der Waals surface area contributed by atoms with Crippen molar-refractivity contribution in [2.24, 2.45) is 5.73 Å². The Bertz CT molecular complexity index is 614. The first-order valence-electron chi connectivity index (χ1n) is 6.60. The molecule has 1 heterocycles. The van der Waals surface area contributed by atoms with Crippen LogP contribution in [-0.2, 0) is 17.9 Å². The quantitative estimate of drug-likeness (QED) is 0.893. The molecule has 5 heteroatoms. The summed E-state index contributed by atoms with van der Waals surface area (Å²) in [6, 6.07) is 7.70. The Hall–Kier alpha value is -2.14. The summed E-state index contributed by atoms with van der Waals surface area (Å²) in [5, 5.41) is 7.21. The van der Waals surface area contributed by atoms with Gasteiger partial charge in [0.15, 0.2) is 0 Å². The fourth-order valence-electron chi connectivity index (χ4n) is 2.16. The minimum atomic E-state index is -0.0944. The van der Waals surface area contributed by atoms with Crippen LogP contribution in [0.3, 0.4) is 0 Å². The van der Waals surface area contributed by atoms with Crippen molar-refractivity contribution >= 4 is 11.6 Å². The first kappa shape index (κ1) is 14.3. The zero-order valence-electron chi connectivity index (χ0n) is 12.1. The number of aromatic nitrogens is 2. The lowest BCUT2D eigenvalue weighted by Crippen LogP contribution is -2.20. The Morgan fingerprint density at radius 1 is 1.25 bits per heavy atom. The molecule has 5 nitrogen and oxygen atoms in total. The molecule has 2 aromatic rings. The highest BCUT2D eigenvalue weighted by molar-refractivity contribution is 5.90. The predicted molar refractivity (Wildman–Crippen MR) is 79.4 cm³/mol. The van der Waals surface area contributed by atoms with E-state index in [2.05, 4.69) is 10.4 Å². The van der Waals surface area contributed by atoms with Crippen molar-refractivity contribution < 1.29 is 4.79 Å². The summed E-state index contributed by atoms with van der Waals surface area (Å²) in [6.45, 7) is 6.48. The normalized spacial score (nSPS) is 10.6. The summed E-state index contributed by atoms with van der Waals surface area (Å²) >= 11 is 0. The van der Waals surface area contributed by atoms with Gasteiger partial charge in [0, 0.05) is 23.5 Å². The molecule has 0 bridgehead atoms. The number of hydrogen-bond donors (Lipinski definition) is 2. The predicted octanol–water partition coefficient (Wildman–Crippen LogP) is 1.91. The van der Waals surface area contributed by atoms with Crippen LogP contribution in [0.2, 0.25) is 0 Å². The number of nitrogens with one attached hydrogen (secondary N) is 1. The zero-order chi connectivity index (χ0) is 14.7. The highest BCUT2D eigenvalue weighted by atomic mass is 16.2. The van der Waals surface area contributed by atoms with Crippen molar-refractivity contribution in [3.63, 3.8) is 0 Å². The van der Waals surface area contributed by atoms with E-state index in [1.165, 1.54) is 0 Å². The van der Waals surface area contributed by atoms with Crippen molar-refractivity contribution in [1.82, 2.24) is 9.78 Å². The van der Waals surface area contributed by atoms with Gasteiger partial charge in [-0.25, -0.2) is 0 Å². The monoisotopic (exact) mass is 272 g/mol. The van der Waals surface area contributed by atoms with Crippen LogP contribution in [0.1, 0.15) is 22.5 Å². The maximum atomic E-state index is 12.0. The molecule has 0 unspecified atom stereocenters. The van der Waals surface area contributed by atoms with Crippen LogP contribution < -0.4 is 11.1 Å². The van der Waals surface area contributed by atoms with Gasteiger partial charge in [-0.2, -0.15) is 5.10 Å². The summed E-state index contributed by atoms with van der Waals surface area (Å²) in [5.74, 6) is -0.0944. The number of anilines is 1. The highest BCUT2D eigenvalue weighted by Crippen LogP contribution is 2.13. The number of nitrogens with zero attached hydrogens (tertiary/aromatic N) is 2. The zero-order valence-corrected chi connectivity index (χ0v) is 12.1. The third-order valence-corrected chi connectivity index (χ3v) is 3.36. The minimum Gasteiger partial charge on any atom is -0.326 e. The Balaban J connectivity index is 2.06. The summed E-state index contributed by atoms with van der Waals surface area (Å²) < 4.78 is 1.70. The molecule has 1 aromatic carbocycles. The second-order valence-electron chi connectivity index (χ2n) is 4.93. The lowest BCUT2D eigenvalue weighted by Gasteiger charge is -2.07. The maximum absolute atomic E-state index is 12.0. The van der Waals surface area contributed by atoms with Crippen LogP contribution in [0.15, 0.2) is 24.3 Å². The largest absolute Gasteiger partial charge is 0.326 e. The molecule has 0 radical (unpaired) electrons. The van der Waals surface area contributed by atoms with Crippen molar-refractivity contribution in [2.75, 3.05) is 5.32 Å². The molecule has 0 fully saturated rings. The van der Waals surface area contributed by atoms with E-state index < -0.39 is 0 Å². The molecule has 3 N–H and O–H groups in total. The summed E-state index contributed by atoms with van der Waals surface area (Å²) in [7, 11) is 0. The Morgan fingerprint density at radius 2 is 1.90 bits per heavy atom.